The zero-order valence-corrected chi connectivity index (χ0v) is 10.4. The van der Waals surface area contributed by atoms with Crippen molar-refractivity contribution in [1.29, 1.82) is 0 Å². The molecule has 0 aliphatic carbocycles. The van der Waals surface area contributed by atoms with Crippen LogP contribution < -0.4 is 10.9 Å². The van der Waals surface area contributed by atoms with Crippen molar-refractivity contribution in [3.63, 3.8) is 0 Å². The van der Waals surface area contributed by atoms with Crippen LogP contribution in [0.15, 0.2) is 29.1 Å². The normalized spacial score (nSPS) is 10.8. The largest absolute Gasteiger partial charge is 0.315 e. The molecule has 0 saturated heterocycles. The van der Waals surface area contributed by atoms with Crippen LogP contribution in [0.2, 0.25) is 0 Å². The summed E-state index contributed by atoms with van der Waals surface area (Å²) in [6.45, 7) is 4.57. The van der Waals surface area contributed by atoms with Gasteiger partial charge in [-0.1, -0.05) is 12.1 Å². The highest BCUT2D eigenvalue weighted by atomic mass is 16.1. The lowest BCUT2D eigenvalue weighted by atomic mass is 10.2. The molecule has 4 heteroatoms. The summed E-state index contributed by atoms with van der Waals surface area (Å²) in [6, 6.07) is 8.06. The maximum absolute atomic E-state index is 11.8. The minimum absolute atomic E-state index is 0.0293. The van der Waals surface area contributed by atoms with Crippen LogP contribution in [-0.2, 0) is 6.54 Å². The lowest BCUT2D eigenvalue weighted by molar-refractivity contribution is 0.801. The van der Waals surface area contributed by atoms with E-state index in [1.54, 1.807) is 0 Å². The summed E-state index contributed by atoms with van der Waals surface area (Å²) in [5.74, 6) is 0. The molecule has 90 valence electrons. The second-order valence-corrected chi connectivity index (χ2v) is 4.21. The van der Waals surface area contributed by atoms with Gasteiger partial charge >= 0.3 is 0 Å². The van der Waals surface area contributed by atoms with Crippen LogP contribution in [0.4, 0.5) is 0 Å². The van der Waals surface area contributed by atoms with Crippen LogP contribution in [0, 0.1) is 13.8 Å². The number of nitrogens with one attached hydrogen (secondary N) is 2. The van der Waals surface area contributed by atoms with E-state index in [-0.39, 0.29) is 5.56 Å². The standard InChI is InChI=1S/C13H17N3O/c1-9-5-4-6-11(7-9)16-10(2)12(8-14-3)13(17)15-16/h4-7,14H,8H2,1-3H3,(H,15,17). The molecule has 1 aromatic carbocycles. The van der Waals surface area contributed by atoms with Gasteiger partial charge in [0.2, 0.25) is 0 Å². The minimum Gasteiger partial charge on any atom is -0.315 e. The van der Waals surface area contributed by atoms with Crippen molar-refractivity contribution < 1.29 is 0 Å². The molecule has 2 aromatic rings. The molecule has 0 radical (unpaired) electrons. The lowest BCUT2D eigenvalue weighted by Gasteiger charge is -2.06. The monoisotopic (exact) mass is 231 g/mol. The average Bonchev–Trinajstić information content (AvgIpc) is 2.57. The van der Waals surface area contributed by atoms with Crippen molar-refractivity contribution in [2.45, 2.75) is 20.4 Å². The molecular formula is C13H17N3O. The van der Waals surface area contributed by atoms with Gasteiger partial charge in [-0.3, -0.25) is 14.6 Å². The van der Waals surface area contributed by atoms with Gasteiger partial charge in [0.15, 0.2) is 0 Å². The zero-order valence-electron chi connectivity index (χ0n) is 10.4. The van der Waals surface area contributed by atoms with Gasteiger partial charge in [-0.15, -0.1) is 0 Å². The van der Waals surface area contributed by atoms with Crippen LogP contribution >= 0.6 is 0 Å². The molecule has 0 unspecified atom stereocenters. The Kier molecular flexibility index (Phi) is 3.15. The summed E-state index contributed by atoms with van der Waals surface area (Å²) in [5.41, 5.74) is 3.87. The molecule has 0 bridgehead atoms. The summed E-state index contributed by atoms with van der Waals surface area (Å²) in [6.07, 6.45) is 0. The number of rotatable bonds is 3. The SMILES string of the molecule is CNCc1c(C)n(-c2cccc(C)c2)[nH]c1=O. The van der Waals surface area contributed by atoms with Crippen molar-refractivity contribution in [2.75, 3.05) is 7.05 Å². The molecule has 2 rings (SSSR count). The Bertz CT molecular complexity index is 581. The maximum atomic E-state index is 11.8. The third kappa shape index (κ3) is 2.17. The fourth-order valence-corrected chi connectivity index (χ4v) is 1.96. The molecule has 2 N–H and O–H groups in total. The first-order valence-corrected chi connectivity index (χ1v) is 5.65. The van der Waals surface area contributed by atoms with Gasteiger partial charge in [0.25, 0.3) is 5.56 Å². The summed E-state index contributed by atoms with van der Waals surface area (Å²) in [7, 11) is 1.84. The van der Waals surface area contributed by atoms with Gasteiger partial charge < -0.3 is 5.32 Å². The van der Waals surface area contributed by atoms with Gasteiger partial charge in [0.1, 0.15) is 0 Å². The smallest absolute Gasteiger partial charge is 0.269 e. The van der Waals surface area contributed by atoms with Crippen molar-refractivity contribution >= 4 is 0 Å². The Balaban J connectivity index is 2.54. The van der Waals surface area contributed by atoms with E-state index in [9.17, 15) is 4.79 Å². The van der Waals surface area contributed by atoms with Crippen LogP contribution in [-0.4, -0.2) is 16.8 Å². The highest BCUT2D eigenvalue weighted by molar-refractivity contribution is 5.37. The molecule has 0 atom stereocenters. The molecule has 0 fully saturated rings. The topological polar surface area (TPSA) is 49.8 Å². The van der Waals surface area contributed by atoms with E-state index in [1.165, 1.54) is 5.56 Å². The molecule has 0 aliphatic rings. The fourth-order valence-electron chi connectivity index (χ4n) is 1.96. The molecule has 1 aromatic heterocycles. The summed E-state index contributed by atoms with van der Waals surface area (Å²) < 4.78 is 1.84. The first-order chi connectivity index (χ1) is 8.13. The van der Waals surface area contributed by atoms with E-state index < -0.39 is 0 Å². The third-order valence-corrected chi connectivity index (χ3v) is 2.87. The highest BCUT2D eigenvalue weighted by Crippen LogP contribution is 2.12. The summed E-state index contributed by atoms with van der Waals surface area (Å²) >= 11 is 0. The number of benzene rings is 1. The number of hydrogen-bond donors (Lipinski definition) is 2. The van der Waals surface area contributed by atoms with E-state index in [4.69, 9.17) is 0 Å². The highest BCUT2D eigenvalue weighted by Gasteiger charge is 2.10. The number of hydrogen-bond acceptors (Lipinski definition) is 2. The van der Waals surface area contributed by atoms with Gasteiger partial charge in [-0.25, -0.2) is 0 Å². The van der Waals surface area contributed by atoms with Crippen LogP contribution in [0.3, 0.4) is 0 Å². The Hall–Kier alpha value is -1.81. The Morgan fingerprint density at radius 2 is 2.12 bits per heavy atom. The van der Waals surface area contributed by atoms with Crippen molar-refractivity contribution in [2.24, 2.45) is 0 Å². The van der Waals surface area contributed by atoms with Gasteiger partial charge in [-0.05, 0) is 38.6 Å². The molecule has 17 heavy (non-hydrogen) atoms. The quantitative estimate of drug-likeness (QED) is 0.841. The average molecular weight is 231 g/mol. The minimum atomic E-state index is -0.0293. The first kappa shape index (κ1) is 11.7. The lowest BCUT2D eigenvalue weighted by Crippen LogP contribution is -2.14. The first-order valence-electron chi connectivity index (χ1n) is 5.65. The number of H-pyrrole nitrogens is 1. The summed E-state index contributed by atoms with van der Waals surface area (Å²) in [4.78, 5) is 11.8. The second kappa shape index (κ2) is 4.59. The van der Waals surface area contributed by atoms with E-state index in [2.05, 4.69) is 10.4 Å². The number of nitrogens with zero attached hydrogens (tertiary/aromatic N) is 1. The molecule has 0 spiro atoms. The van der Waals surface area contributed by atoms with E-state index in [0.29, 0.717) is 6.54 Å². The Labute approximate surface area is 100 Å². The van der Waals surface area contributed by atoms with Crippen LogP contribution in [0.1, 0.15) is 16.8 Å². The molecule has 1 heterocycles. The fraction of sp³-hybridized carbons (Fsp3) is 0.308. The predicted molar refractivity (Wildman–Crippen MR) is 68.6 cm³/mol. The van der Waals surface area contributed by atoms with E-state index in [0.717, 1.165) is 16.9 Å². The molecule has 0 amide bonds. The van der Waals surface area contributed by atoms with Crippen molar-refractivity contribution in [1.82, 2.24) is 15.1 Å². The number of aryl methyl sites for hydroxylation is 1. The Morgan fingerprint density at radius 3 is 2.76 bits per heavy atom. The third-order valence-electron chi connectivity index (χ3n) is 2.87. The van der Waals surface area contributed by atoms with E-state index >= 15 is 0 Å². The molecule has 4 nitrogen and oxygen atoms in total. The molecular weight excluding hydrogens is 214 g/mol. The van der Waals surface area contributed by atoms with Crippen LogP contribution in [0.25, 0.3) is 5.69 Å². The zero-order chi connectivity index (χ0) is 12.4. The number of aromatic amines is 1. The van der Waals surface area contributed by atoms with Gasteiger partial charge in [0, 0.05) is 12.2 Å². The Morgan fingerprint density at radius 1 is 1.35 bits per heavy atom. The predicted octanol–water partition coefficient (Wildman–Crippen LogP) is 1.50. The van der Waals surface area contributed by atoms with Gasteiger partial charge in [0.05, 0.1) is 11.3 Å². The number of aromatic nitrogens is 2. The van der Waals surface area contributed by atoms with Crippen molar-refractivity contribution in [3.05, 3.63) is 51.4 Å². The second-order valence-electron chi connectivity index (χ2n) is 4.21. The van der Waals surface area contributed by atoms with Gasteiger partial charge in [-0.2, -0.15) is 0 Å². The summed E-state index contributed by atoms with van der Waals surface area (Å²) in [5, 5.41) is 5.87. The van der Waals surface area contributed by atoms with E-state index in [1.807, 2.05) is 49.8 Å². The molecule has 0 aliphatic heterocycles. The van der Waals surface area contributed by atoms with Crippen molar-refractivity contribution in [3.8, 4) is 5.69 Å². The van der Waals surface area contributed by atoms with Crippen LogP contribution in [0.5, 0.6) is 0 Å². The molecule has 0 saturated carbocycles. The maximum Gasteiger partial charge on any atom is 0.269 e.